The second-order valence-corrected chi connectivity index (χ2v) is 4.41. The van der Waals surface area contributed by atoms with Gasteiger partial charge < -0.3 is 9.30 Å². The largest absolute Gasteiger partial charge is 0.496 e. The van der Waals surface area contributed by atoms with Gasteiger partial charge in [-0.1, -0.05) is 6.92 Å². The van der Waals surface area contributed by atoms with Gasteiger partial charge in [0, 0.05) is 12.6 Å². The van der Waals surface area contributed by atoms with Crippen molar-refractivity contribution >= 4 is 0 Å². The van der Waals surface area contributed by atoms with E-state index in [1.807, 2.05) is 30.7 Å². The molecule has 0 aliphatic heterocycles. The second-order valence-electron chi connectivity index (χ2n) is 4.41. The highest BCUT2D eigenvalue weighted by Crippen LogP contribution is 2.29. The maximum Gasteiger partial charge on any atom is 0.166 e. The van der Waals surface area contributed by atoms with Gasteiger partial charge in [-0.2, -0.15) is 5.26 Å². The molecule has 98 valence electrons. The standard InChI is InChI=1S/C15H17N3O/c1-5-11-8-12(6-7-14(11)19-4)15-13(9-16)17-10(2)18(15)3/h6-8H,5H2,1-4H3. The molecular formula is C15H17N3O. The summed E-state index contributed by atoms with van der Waals surface area (Å²) in [5.74, 6) is 1.71. The summed E-state index contributed by atoms with van der Waals surface area (Å²) in [6.45, 7) is 3.98. The lowest BCUT2D eigenvalue weighted by Gasteiger charge is -2.10. The Kier molecular flexibility index (Phi) is 3.57. The van der Waals surface area contributed by atoms with Crippen LogP contribution in [0.25, 0.3) is 11.3 Å². The fourth-order valence-electron chi connectivity index (χ4n) is 2.22. The SMILES string of the molecule is CCc1cc(-c2c(C#N)nc(C)n2C)ccc1OC. The van der Waals surface area contributed by atoms with Crippen LogP contribution >= 0.6 is 0 Å². The van der Waals surface area contributed by atoms with Gasteiger partial charge in [0.05, 0.1) is 12.8 Å². The maximum atomic E-state index is 9.19. The van der Waals surface area contributed by atoms with E-state index in [1.54, 1.807) is 7.11 Å². The summed E-state index contributed by atoms with van der Waals surface area (Å²) in [7, 11) is 3.59. The number of hydrogen-bond acceptors (Lipinski definition) is 3. The molecule has 0 radical (unpaired) electrons. The first-order chi connectivity index (χ1) is 9.12. The van der Waals surface area contributed by atoms with Crippen LogP contribution in [0.3, 0.4) is 0 Å². The maximum absolute atomic E-state index is 9.19. The average Bonchev–Trinajstić information content (AvgIpc) is 2.73. The van der Waals surface area contributed by atoms with Crippen molar-refractivity contribution in [3.8, 4) is 23.1 Å². The highest BCUT2D eigenvalue weighted by Gasteiger charge is 2.15. The molecule has 0 amide bonds. The molecule has 0 atom stereocenters. The summed E-state index contributed by atoms with van der Waals surface area (Å²) in [5.41, 5.74) is 3.45. The van der Waals surface area contributed by atoms with Crippen molar-refractivity contribution in [3.05, 3.63) is 35.3 Å². The molecule has 19 heavy (non-hydrogen) atoms. The molecule has 4 heteroatoms. The summed E-state index contributed by atoms with van der Waals surface area (Å²) >= 11 is 0. The summed E-state index contributed by atoms with van der Waals surface area (Å²) in [6, 6.07) is 8.13. The third-order valence-corrected chi connectivity index (χ3v) is 3.36. The van der Waals surface area contributed by atoms with Crippen LogP contribution in [0.4, 0.5) is 0 Å². The second kappa shape index (κ2) is 5.15. The first-order valence-electron chi connectivity index (χ1n) is 6.23. The summed E-state index contributed by atoms with van der Waals surface area (Å²) in [4.78, 5) is 4.27. The first kappa shape index (κ1) is 13.2. The zero-order valence-electron chi connectivity index (χ0n) is 11.7. The molecule has 1 aromatic heterocycles. The fraction of sp³-hybridized carbons (Fsp3) is 0.333. The van der Waals surface area contributed by atoms with E-state index in [0.717, 1.165) is 34.8 Å². The van der Waals surface area contributed by atoms with E-state index in [2.05, 4.69) is 24.0 Å². The van der Waals surface area contributed by atoms with E-state index in [0.29, 0.717) is 5.69 Å². The molecule has 0 aliphatic rings. The van der Waals surface area contributed by atoms with Crippen molar-refractivity contribution in [3.63, 3.8) is 0 Å². The number of nitrogens with zero attached hydrogens (tertiary/aromatic N) is 3. The Balaban J connectivity index is 2.63. The molecule has 0 bridgehead atoms. The Hall–Kier alpha value is -2.28. The Morgan fingerprint density at radius 1 is 1.42 bits per heavy atom. The minimum atomic E-state index is 0.465. The molecular weight excluding hydrogens is 238 g/mol. The Labute approximate surface area is 113 Å². The number of benzene rings is 1. The number of methoxy groups -OCH3 is 1. The van der Waals surface area contributed by atoms with Crippen molar-refractivity contribution in [2.75, 3.05) is 7.11 Å². The molecule has 1 heterocycles. The van der Waals surface area contributed by atoms with Crippen molar-refractivity contribution in [1.82, 2.24) is 9.55 Å². The summed E-state index contributed by atoms with van der Waals surface area (Å²) < 4.78 is 7.28. The molecule has 1 aromatic carbocycles. The Morgan fingerprint density at radius 3 is 2.74 bits per heavy atom. The van der Waals surface area contributed by atoms with E-state index in [4.69, 9.17) is 4.74 Å². The number of imidazole rings is 1. The number of aryl methyl sites for hydroxylation is 2. The summed E-state index contributed by atoms with van der Waals surface area (Å²) in [5, 5.41) is 9.19. The number of ether oxygens (including phenoxy) is 1. The van der Waals surface area contributed by atoms with Crippen molar-refractivity contribution in [2.45, 2.75) is 20.3 Å². The fourth-order valence-corrected chi connectivity index (χ4v) is 2.22. The van der Waals surface area contributed by atoms with Crippen molar-refractivity contribution in [1.29, 1.82) is 5.26 Å². The average molecular weight is 255 g/mol. The first-order valence-corrected chi connectivity index (χ1v) is 6.23. The predicted octanol–water partition coefficient (Wildman–Crippen LogP) is 2.84. The minimum absolute atomic E-state index is 0.465. The third kappa shape index (κ3) is 2.19. The van der Waals surface area contributed by atoms with Crippen LogP contribution in [-0.4, -0.2) is 16.7 Å². The molecule has 2 aromatic rings. The predicted molar refractivity (Wildman–Crippen MR) is 74.0 cm³/mol. The van der Waals surface area contributed by atoms with Crippen molar-refractivity contribution in [2.24, 2.45) is 7.05 Å². The number of aromatic nitrogens is 2. The topological polar surface area (TPSA) is 50.8 Å². The van der Waals surface area contributed by atoms with E-state index in [1.165, 1.54) is 0 Å². The Bertz CT molecular complexity index is 650. The van der Waals surface area contributed by atoms with Gasteiger partial charge in [-0.25, -0.2) is 4.98 Å². The normalized spacial score (nSPS) is 10.3. The lowest BCUT2D eigenvalue weighted by molar-refractivity contribution is 0.410. The van der Waals surface area contributed by atoms with Gasteiger partial charge in [0.25, 0.3) is 0 Å². The van der Waals surface area contributed by atoms with Gasteiger partial charge in [-0.15, -0.1) is 0 Å². The molecule has 0 spiro atoms. The monoisotopic (exact) mass is 255 g/mol. The summed E-state index contributed by atoms with van der Waals surface area (Å²) in [6.07, 6.45) is 0.885. The molecule has 2 rings (SSSR count). The van der Waals surface area contributed by atoms with Gasteiger partial charge in [0.1, 0.15) is 17.6 Å². The zero-order chi connectivity index (χ0) is 14.0. The molecule has 0 unspecified atom stereocenters. The van der Waals surface area contributed by atoms with Crippen LogP contribution in [0.15, 0.2) is 18.2 Å². The van der Waals surface area contributed by atoms with Gasteiger partial charge in [0.15, 0.2) is 5.69 Å². The van der Waals surface area contributed by atoms with Gasteiger partial charge in [-0.3, -0.25) is 0 Å². The highest BCUT2D eigenvalue weighted by molar-refractivity contribution is 5.68. The molecule has 0 saturated heterocycles. The quantitative estimate of drug-likeness (QED) is 0.847. The molecule has 4 nitrogen and oxygen atoms in total. The minimum Gasteiger partial charge on any atom is -0.496 e. The van der Waals surface area contributed by atoms with E-state index in [9.17, 15) is 5.26 Å². The van der Waals surface area contributed by atoms with Crippen molar-refractivity contribution < 1.29 is 4.74 Å². The number of hydrogen-bond donors (Lipinski definition) is 0. The molecule has 0 fully saturated rings. The van der Waals surface area contributed by atoms with Crippen LogP contribution in [0.2, 0.25) is 0 Å². The van der Waals surface area contributed by atoms with Crippen LogP contribution < -0.4 is 4.74 Å². The van der Waals surface area contributed by atoms with Gasteiger partial charge in [-0.05, 0) is 37.1 Å². The molecule has 0 saturated carbocycles. The molecule has 0 N–H and O–H groups in total. The lowest BCUT2D eigenvalue weighted by atomic mass is 10.0. The van der Waals surface area contributed by atoms with Crippen LogP contribution in [0.1, 0.15) is 24.0 Å². The third-order valence-electron chi connectivity index (χ3n) is 3.36. The molecule has 0 aliphatic carbocycles. The van der Waals surface area contributed by atoms with Gasteiger partial charge in [0.2, 0.25) is 0 Å². The number of rotatable bonds is 3. The Morgan fingerprint density at radius 2 is 2.16 bits per heavy atom. The van der Waals surface area contributed by atoms with Crippen LogP contribution in [0.5, 0.6) is 5.75 Å². The lowest BCUT2D eigenvalue weighted by Crippen LogP contribution is -1.97. The smallest absolute Gasteiger partial charge is 0.166 e. The van der Waals surface area contributed by atoms with Gasteiger partial charge >= 0.3 is 0 Å². The number of nitriles is 1. The highest BCUT2D eigenvalue weighted by atomic mass is 16.5. The van der Waals surface area contributed by atoms with Crippen LogP contribution in [0, 0.1) is 18.3 Å². The van der Waals surface area contributed by atoms with E-state index < -0.39 is 0 Å². The van der Waals surface area contributed by atoms with E-state index in [-0.39, 0.29) is 0 Å². The van der Waals surface area contributed by atoms with Crippen LogP contribution in [-0.2, 0) is 13.5 Å². The zero-order valence-corrected chi connectivity index (χ0v) is 11.7. The van der Waals surface area contributed by atoms with E-state index >= 15 is 0 Å².